The number of aliphatic hydroxyl groups excluding tert-OH is 1. The van der Waals surface area contributed by atoms with Gasteiger partial charge in [0.05, 0.1) is 12.5 Å². The average Bonchev–Trinajstić information content (AvgIpc) is 2.14. The third-order valence-electron chi connectivity index (χ3n) is 2.11. The Hall–Kier alpha value is -0.740. The molecule has 0 radical (unpaired) electrons. The Balaban J connectivity index is 2.80. The van der Waals surface area contributed by atoms with Crippen molar-refractivity contribution in [2.45, 2.75) is 12.6 Å². The number of hydrogen-bond donors (Lipinski definition) is 1. The zero-order valence-corrected chi connectivity index (χ0v) is 8.52. The van der Waals surface area contributed by atoms with Gasteiger partial charge in [-0.05, 0) is 18.1 Å². The van der Waals surface area contributed by atoms with Crippen LogP contribution in [0.5, 0.6) is 0 Å². The summed E-state index contributed by atoms with van der Waals surface area (Å²) in [6, 6.07) is 6.32. The normalized spacial score (nSPS) is 13.9. The molecule has 0 aliphatic carbocycles. The highest BCUT2D eigenvalue weighted by atomic mass is 35.5. The SMILES string of the molecule is OCC(Cc1ccccc1Cl)C(F)(F)F. The van der Waals surface area contributed by atoms with Crippen molar-refractivity contribution in [2.75, 3.05) is 6.61 Å². The highest BCUT2D eigenvalue weighted by Gasteiger charge is 2.39. The summed E-state index contributed by atoms with van der Waals surface area (Å²) in [4.78, 5) is 0. The van der Waals surface area contributed by atoms with Crippen molar-refractivity contribution in [2.24, 2.45) is 5.92 Å². The largest absolute Gasteiger partial charge is 0.396 e. The highest BCUT2D eigenvalue weighted by Crippen LogP contribution is 2.30. The number of rotatable bonds is 3. The lowest BCUT2D eigenvalue weighted by atomic mass is 10.00. The van der Waals surface area contributed by atoms with Gasteiger partial charge in [0.2, 0.25) is 0 Å². The van der Waals surface area contributed by atoms with Gasteiger partial charge in [0, 0.05) is 5.02 Å². The molecule has 5 heteroatoms. The van der Waals surface area contributed by atoms with E-state index in [9.17, 15) is 13.2 Å². The van der Waals surface area contributed by atoms with Crippen LogP contribution in [0, 0.1) is 5.92 Å². The minimum Gasteiger partial charge on any atom is -0.396 e. The van der Waals surface area contributed by atoms with Crippen LogP contribution in [0.2, 0.25) is 5.02 Å². The van der Waals surface area contributed by atoms with E-state index < -0.39 is 18.7 Å². The second-order valence-electron chi connectivity index (χ2n) is 3.22. The maximum Gasteiger partial charge on any atom is 0.394 e. The first-order valence-electron chi connectivity index (χ1n) is 4.36. The van der Waals surface area contributed by atoms with E-state index in [4.69, 9.17) is 16.7 Å². The first kappa shape index (κ1) is 12.3. The number of alkyl halides is 3. The third kappa shape index (κ3) is 3.39. The van der Waals surface area contributed by atoms with Crippen LogP contribution in [0.1, 0.15) is 5.56 Å². The highest BCUT2D eigenvalue weighted by molar-refractivity contribution is 6.31. The first-order chi connectivity index (χ1) is 6.95. The molecule has 1 rings (SSSR count). The van der Waals surface area contributed by atoms with E-state index in [1.807, 2.05) is 0 Å². The summed E-state index contributed by atoms with van der Waals surface area (Å²) in [5.41, 5.74) is 0.399. The molecule has 1 aromatic rings. The second kappa shape index (κ2) is 4.86. The van der Waals surface area contributed by atoms with Crippen LogP contribution in [0.3, 0.4) is 0 Å². The molecule has 0 aliphatic heterocycles. The van der Waals surface area contributed by atoms with Gasteiger partial charge in [0.1, 0.15) is 0 Å². The van der Waals surface area contributed by atoms with E-state index in [2.05, 4.69) is 0 Å². The van der Waals surface area contributed by atoms with E-state index in [1.54, 1.807) is 12.1 Å². The Morgan fingerprint density at radius 2 is 1.87 bits per heavy atom. The molecule has 1 unspecified atom stereocenters. The molecule has 0 amide bonds. The summed E-state index contributed by atoms with van der Waals surface area (Å²) in [5, 5.41) is 8.94. The van der Waals surface area contributed by atoms with Crippen LogP contribution in [0.15, 0.2) is 24.3 Å². The molecular weight excluding hydrogens is 229 g/mol. The van der Waals surface area contributed by atoms with Crippen molar-refractivity contribution in [1.29, 1.82) is 0 Å². The second-order valence-corrected chi connectivity index (χ2v) is 3.62. The minimum absolute atomic E-state index is 0.292. The predicted molar refractivity (Wildman–Crippen MR) is 51.8 cm³/mol. The van der Waals surface area contributed by atoms with Gasteiger partial charge < -0.3 is 5.11 Å². The molecule has 0 aliphatic rings. The molecule has 0 saturated carbocycles. The van der Waals surface area contributed by atoms with Crippen molar-refractivity contribution < 1.29 is 18.3 Å². The van der Waals surface area contributed by atoms with E-state index in [0.717, 1.165) is 0 Å². The molecule has 0 aromatic heterocycles. The van der Waals surface area contributed by atoms with Crippen molar-refractivity contribution in [3.05, 3.63) is 34.9 Å². The molecule has 0 spiro atoms. The van der Waals surface area contributed by atoms with Crippen molar-refractivity contribution in [3.63, 3.8) is 0 Å². The smallest absolute Gasteiger partial charge is 0.394 e. The molecule has 84 valence electrons. The molecule has 1 atom stereocenters. The number of benzene rings is 1. The molecule has 1 nitrogen and oxygen atoms in total. The molecule has 1 aromatic carbocycles. The van der Waals surface area contributed by atoms with Crippen molar-refractivity contribution in [1.82, 2.24) is 0 Å². The quantitative estimate of drug-likeness (QED) is 0.858. The summed E-state index contributed by atoms with van der Waals surface area (Å²) >= 11 is 5.73. The molecule has 0 heterocycles. The Kier molecular flexibility index (Phi) is 3.99. The Labute approximate surface area is 90.5 Å². The molecule has 1 N–H and O–H groups in total. The fourth-order valence-electron chi connectivity index (χ4n) is 1.21. The average molecular weight is 239 g/mol. The van der Waals surface area contributed by atoms with Crippen LogP contribution in [-0.2, 0) is 6.42 Å². The first-order valence-corrected chi connectivity index (χ1v) is 4.74. The van der Waals surface area contributed by atoms with E-state index in [-0.39, 0.29) is 6.42 Å². The van der Waals surface area contributed by atoms with Crippen LogP contribution in [0.25, 0.3) is 0 Å². The Morgan fingerprint density at radius 3 is 2.33 bits per heavy atom. The summed E-state index contributed by atoms with van der Waals surface area (Å²) in [5.74, 6) is -1.75. The lowest BCUT2D eigenvalue weighted by Crippen LogP contribution is -2.28. The fraction of sp³-hybridized carbons (Fsp3) is 0.400. The maximum atomic E-state index is 12.3. The standard InChI is InChI=1S/C10H10ClF3O/c11-9-4-2-1-3-7(9)5-8(6-15)10(12,13)14/h1-4,8,15H,5-6H2. The van der Waals surface area contributed by atoms with E-state index >= 15 is 0 Å². The van der Waals surface area contributed by atoms with Crippen LogP contribution in [-0.4, -0.2) is 17.9 Å². The summed E-state index contributed by atoms with van der Waals surface area (Å²) < 4.78 is 37.0. The minimum atomic E-state index is -4.39. The van der Waals surface area contributed by atoms with E-state index in [1.165, 1.54) is 12.1 Å². The van der Waals surface area contributed by atoms with Gasteiger partial charge in [-0.1, -0.05) is 29.8 Å². The molecule has 0 fully saturated rings. The summed E-state index contributed by atoms with van der Waals surface area (Å²) in [6.45, 7) is -0.922. The van der Waals surface area contributed by atoms with Crippen molar-refractivity contribution in [3.8, 4) is 0 Å². The molecule has 15 heavy (non-hydrogen) atoms. The number of hydrogen-bond acceptors (Lipinski definition) is 1. The topological polar surface area (TPSA) is 20.2 Å². The van der Waals surface area contributed by atoms with Gasteiger partial charge in [0.25, 0.3) is 0 Å². The van der Waals surface area contributed by atoms with Crippen LogP contribution >= 0.6 is 11.6 Å². The fourth-order valence-corrected chi connectivity index (χ4v) is 1.43. The van der Waals surface area contributed by atoms with Gasteiger partial charge in [-0.2, -0.15) is 13.2 Å². The van der Waals surface area contributed by atoms with Gasteiger partial charge >= 0.3 is 6.18 Å². The number of halogens is 4. The lowest BCUT2D eigenvalue weighted by molar-refractivity contribution is -0.183. The monoisotopic (exact) mass is 238 g/mol. The van der Waals surface area contributed by atoms with Crippen molar-refractivity contribution >= 4 is 11.6 Å². The Morgan fingerprint density at radius 1 is 1.27 bits per heavy atom. The molecule has 0 bridgehead atoms. The Bertz CT molecular complexity index is 325. The predicted octanol–water partition coefficient (Wildman–Crippen LogP) is 3.05. The maximum absolute atomic E-state index is 12.3. The van der Waals surface area contributed by atoms with Gasteiger partial charge in [-0.25, -0.2) is 0 Å². The molecular formula is C10H10ClF3O. The van der Waals surface area contributed by atoms with Gasteiger partial charge in [-0.3, -0.25) is 0 Å². The van der Waals surface area contributed by atoms with E-state index in [0.29, 0.717) is 10.6 Å². The van der Waals surface area contributed by atoms with Gasteiger partial charge in [0.15, 0.2) is 0 Å². The van der Waals surface area contributed by atoms with Crippen LogP contribution < -0.4 is 0 Å². The number of aliphatic hydroxyl groups is 1. The van der Waals surface area contributed by atoms with Gasteiger partial charge in [-0.15, -0.1) is 0 Å². The molecule has 0 saturated heterocycles. The lowest BCUT2D eigenvalue weighted by Gasteiger charge is -2.18. The third-order valence-corrected chi connectivity index (χ3v) is 2.48. The summed E-state index contributed by atoms with van der Waals surface area (Å²) in [7, 11) is 0. The summed E-state index contributed by atoms with van der Waals surface area (Å²) in [6.07, 6.45) is -4.69. The van der Waals surface area contributed by atoms with Crippen LogP contribution in [0.4, 0.5) is 13.2 Å². The zero-order chi connectivity index (χ0) is 11.5. The zero-order valence-electron chi connectivity index (χ0n) is 7.76.